The number of para-hydroxylation sites is 1. The zero-order valence-corrected chi connectivity index (χ0v) is 20.1. The van der Waals surface area contributed by atoms with Gasteiger partial charge in [-0.2, -0.15) is 4.31 Å². The van der Waals surface area contributed by atoms with E-state index in [0.717, 1.165) is 55.3 Å². The summed E-state index contributed by atoms with van der Waals surface area (Å²) in [6.07, 6.45) is 5.37. The minimum absolute atomic E-state index is 0.173. The molecule has 0 heterocycles. The number of hydrogen-bond acceptors (Lipinski definition) is 4. The highest BCUT2D eigenvalue weighted by Gasteiger charge is 2.34. The number of anilines is 1. The van der Waals surface area contributed by atoms with Crippen molar-refractivity contribution in [3.63, 3.8) is 0 Å². The number of nitrogens with one attached hydrogen (secondary N) is 1. The molecule has 0 atom stereocenters. The first-order valence-corrected chi connectivity index (χ1v) is 12.9. The number of nitrogens with zero attached hydrogens (tertiary/aromatic N) is 1. The third-order valence-corrected chi connectivity index (χ3v) is 7.94. The lowest BCUT2D eigenvalue weighted by molar-refractivity contribution is -0.116. The fourth-order valence-corrected chi connectivity index (χ4v) is 5.95. The number of amides is 1. The molecule has 1 amide bonds. The third kappa shape index (κ3) is 5.70. The van der Waals surface area contributed by atoms with Gasteiger partial charge in [-0.05, 0) is 68.5 Å². The summed E-state index contributed by atoms with van der Waals surface area (Å²) < 4.78 is 34.0. The Morgan fingerprint density at radius 2 is 1.75 bits per heavy atom. The van der Waals surface area contributed by atoms with Gasteiger partial charge in [0.05, 0.1) is 18.0 Å². The van der Waals surface area contributed by atoms with Crippen LogP contribution in [-0.2, 0) is 21.2 Å². The molecule has 0 spiro atoms. The van der Waals surface area contributed by atoms with Gasteiger partial charge >= 0.3 is 0 Å². The van der Waals surface area contributed by atoms with Crippen LogP contribution >= 0.6 is 0 Å². The van der Waals surface area contributed by atoms with E-state index in [1.807, 2.05) is 39.0 Å². The van der Waals surface area contributed by atoms with E-state index in [1.54, 1.807) is 24.3 Å². The van der Waals surface area contributed by atoms with Crippen molar-refractivity contribution in [2.75, 3.05) is 18.5 Å². The number of rotatable bonds is 9. The maximum atomic E-state index is 13.6. The van der Waals surface area contributed by atoms with E-state index in [0.29, 0.717) is 12.4 Å². The minimum Gasteiger partial charge on any atom is -0.494 e. The molecule has 0 saturated heterocycles. The number of sulfonamides is 1. The van der Waals surface area contributed by atoms with E-state index >= 15 is 0 Å². The quantitative estimate of drug-likeness (QED) is 0.579. The standard InChI is InChI=1S/C25H34N2O4S/c1-4-20-11-9-10-19(3)25(20)26-24(28)18-27(21-12-7-6-8-13-21)32(29,30)23-16-14-22(15-17-23)31-5-2/h9-11,14-17,21H,4-8,12-13,18H2,1-3H3,(H,26,28). The highest BCUT2D eigenvalue weighted by molar-refractivity contribution is 7.89. The van der Waals surface area contributed by atoms with Crippen molar-refractivity contribution in [2.45, 2.75) is 70.2 Å². The van der Waals surface area contributed by atoms with Crippen LogP contribution < -0.4 is 10.1 Å². The van der Waals surface area contributed by atoms with Crippen LogP contribution in [0.1, 0.15) is 57.1 Å². The van der Waals surface area contributed by atoms with Crippen molar-refractivity contribution in [2.24, 2.45) is 0 Å². The molecule has 174 valence electrons. The highest BCUT2D eigenvalue weighted by atomic mass is 32.2. The van der Waals surface area contributed by atoms with E-state index < -0.39 is 10.0 Å². The molecule has 1 aliphatic rings. The molecule has 1 aliphatic carbocycles. The van der Waals surface area contributed by atoms with Crippen LogP contribution in [0.5, 0.6) is 5.75 Å². The summed E-state index contributed by atoms with van der Waals surface area (Å²) in [5.74, 6) is 0.314. The van der Waals surface area contributed by atoms with Gasteiger partial charge in [0.15, 0.2) is 0 Å². The van der Waals surface area contributed by atoms with Gasteiger partial charge in [0.1, 0.15) is 5.75 Å². The van der Waals surface area contributed by atoms with Crippen LogP contribution in [0.2, 0.25) is 0 Å². The maximum absolute atomic E-state index is 13.6. The Balaban J connectivity index is 1.86. The largest absolute Gasteiger partial charge is 0.494 e. The number of ether oxygens (including phenoxy) is 1. The predicted octanol–water partition coefficient (Wildman–Crippen LogP) is 4.92. The van der Waals surface area contributed by atoms with Gasteiger partial charge in [0, 0.05) is 11.7 Å². The van der Waals surface area contributed by atoms with Gasteiger partial charge in [0.2, 0.25) is 15.9 Å². The van der Waals surface area contributed by atoms with Crippen molar-refractivity contribution in [3.8, 4) is 5.75 Å². The molecule has 32 heavy (non-hydrogen) atoms. The lowest BCUT2D eigenvalue weighted by atomic mass is 9.95. The van der Waals surface area contributed by atoms with Crippen LogP contribution in [0.4, 0.5) is 5.69 Å². The molecule has 0 aromatic heterocycles. The molecule has 0 unspecified atom stereocenters. The lowest BCUT2D eigenvalue weighted by Crippen LogP contribution is -2.45. The SMILES string of the molecule is CCOc1ccc(S(=O)(=O)N(CC(=O)Nc2c(C)cccc2CC)C2CCCCC2)cc1. The third-order valence-electron chi connectivity index (χ3n) is 6.03. The Labute approximate surface area is 192 Å². The zero-order chi connectivity index (χ0) is 23.1. The Morgan fingerprint density at radius 3 is 2.38 bits per heavy atom. The monoisotopic (exact) mass is 458 g/mol. The minimum atomic E-state index is -3.83. The van der Waals surface area contributed by atoms with Crippen molar-refractivity contribution in [1.82, 2.24) is 4.31 Å². The maximum Gasteiger partial charge on any atom is 0.243 e. The highest BCUT2D eigenvalue weighted by Crippen LogP contribution is 2.29. The van der Waals surface area contributed by atoms with Crippen molar-refractivity contribution >= 4 is 21.6 Å². The van der Waals surface area contributed by atoms with E-state index in [4.69, 9.17) is 4.74 Å². The molecular formula is C25H34N2O4S. The fraction of sp³-hybridized carbons (Fsp3) is 0.480. The molecule has 3 rings (SSSR count). The summed E-state index contributed by atoms with van der Waals surface area (Å²) in [6.45, 7) is 6.18. The molecule has 1 N–H and O–H groups in total. The Kier molecular flexibility index (Phi) is 8.32. The Morgan fingerprint density at radius 1 is 1.06 bits per heavy atom. The van der Waals surface area contributed by atoms with Crippen molar-refractivity contribution in [1.29, 1.82) is 0 Å². The number of carbonyl (C=O) groups excluding carboxylic acids is 1. The molecule has 2 aromatic rings. The summed E-state index contributed by atoms with van der Waals surface area (Å²) >= 11 is 0. The molecular weight excluding hydrogens is 424 g/mol. The van der Waals surface area contributed by atoms with Crippen LogP contribution in [0.15, 0.2) is 47.4 Å². The van der Waals surface area contributed by atoms with Crippen molar-refractivity contribution < 1.29 is 17.9 Å². The van der Waals surface area contributed by atoms with Gasteiger partial charge in [-0.3, -0.25) is 4.79 Å². The predicted molar refractivity (Wildman–Crippen MR) is 128 cm³/mol. The van der Waals surface area contributed by atoms with Gasteiger partial charge in [-0.15, -0.1) is 0 Å². The molecule has 1 saturated carbocycles. The summed E-state index contributed by atoms with van der Waals surface area (Å²) in [5.41, 5.74) is 2.79. The molecule has 2 aromatic carbocycles. The number of hydrogen-bond donors (Lipinski definition) is 1. The number of aryl methyl sites for hydroxylation is 2. The van der Waals surface area contributed by atoms with Crippen molar-refractivity contribution in [3.05, 3.63) is 53.6 Å². The fourth-order valence-electron chi connectivity index (χ4n) is 4.31. The van der Waals surface area contributed by atoms with E-state index in [-0.39, 0.29) is 23.4 Å². The first-order valence-electron chi connectivity index (χ1n) is 11.5. The van der Waals surface area contributed by atoms with Gasteiger partial charge in [-0.1, -0.05) is 44.4 Å². The topological polar surface area (TPSA) is 75.7 Å². The van der Waals surface area contributed by atoms with Crippen LogP contribution in [-0.4, -0.2) is 37.8 Å². The Hall–Kier alpha value is -2.38. The van der Waals surface area contributed by atoms with E-state index in [9.17, 15) is 13.2 Å². The van der Waals surface area contributed by atoms with E-state index in [1.165, 1.54) is 4.31 Å². The second kappa shape index (κ2) is 11.0. The number of benzene rings is 2. The summed E-state index contributed by atoms with van der Waals surface area (Å²) in [7, 11) is -3.83. The molecule has 0 bridgehead atoms. The van der Waals surface area contributed by atoms with Crippen LogP contribution in [0, 0.1) is 6.92 Å². The first kappa shape index (κ1) is 24.3. The van der Waals surface area contributed by atoms with Gasteiger partial charge < -0.3 is 10.1 Å². The first-order chi connectivity index (χ1) is 15.4. The second-order valence-corrected chi connectivity index (χ2v) is 10.1. The molecule has 7 heteroatoms. The summed E-state index contributed by atoms with van der Waals surface area (Å²) in [5, 5.41) is 2.98. The normalized spacial score (nSPS) is 15.0. The smallest absolute Gasteiger partial charge is 0.243 e. The molecule has 0 aliphatic heterocycles. The van der Waals surface area contributed by atoms with Gasteiger partial charge in [0.25, 0.3) is 0 Å². The Bertz CT molecular complexity index is 1010. The molecule has 0 radical (unpaired) electrons. The summed E-state index contributed by atoms with van der Waals surface area (Å²) in [6, 6.07) is 12.2. The lowest BCUT2D eigenvalue weighted by Gasteiger charge is -2.33. The van der Waals surface area contributed by atoms with Crippen LogP contribution in [0.3, 0.4) is 0 Å². The average Bonchev–Trinajstić information content (AvgIpc) is 2.80. The summed E-state index contributed by atoms with van der Waals surface area (Å²) in [4.78, 5) is 13.3. The van der Waals surface area contributed by atoms with Crippen LogP contribution in [0.25, 0.3) is 0 Å². The van der Waals surface area contributed by atoms with Gasteiger partial charge in [-0.25, -0.2) is 8.42 Å². The molecule has 6 nitrogen and oxygen atoms in total. The number of carbonyl (C=O) groups is 1. The van der Waals surface area contributed by atoms with E-state index in [2.05, 4.69) is 5.32 Å². The molecule has 1 fully saturated rings. The average molecular weight is 459 g/mol. The zero-order valence-electron chi connectivity index (χ0n) is 19.3. The second-order valence-electron chi connectivity index (χ2n) is 8.26.